The average Bonchev–Trinajstić information content (AvgIpc) is 2.87. The number of rotatable bonds is 4. The smallest absolute Gasteiger partial charge is 0.0876 e. The van der Waals surface area contributed by atoms with Gasteiger partial charge in [-0.25, -0.2) is 0 Å². The Balaban J connectivity index is 2.05. The Kier molecular flexibility index (Phi) is 3.05. The molecule has 0 amide bonds. The molecule has 0 bridgehead atoms. The molecule has 2 heterocycles. The minimum Gasteiger partial charge on any atom is -0.388 e. The molecular weight excluding hydrogens is 204 g/mol. The highest BCUT2D eigenvalue weighted by Crippen LogP contribution is 2.16. The molecule has 86 valence electrons. The molecule has 5 nitrogen and oxygen atoms in total. The summed E-state index contributed by atoms with van der Waals surface area (Å²) in [7, 11) is 1.87. The highest BCUT2D eigenvalue weighted by molar-refractivity contribution is 5.12. The fourth-order valence-electron chi connectivity index (χ4n) is 1.61. The molecule has 0 aromatic carbocycles. The molecule has 2 aromatic heterocycles. The Bertz CT molecular complexity index is 460. The number of hydrogen-bond donors (Lipinski definition) is 1. The highest BCUT2D eigenvalue weighted by atomic mass is 16.3. The van der Waals surface area contributed by atoms with Crippen LogP contribution in [-0.2, 0) is 20.0 Å². The molecule has 0 fully saturated rings. The number of aliphatic hydroxyl groups excluding tert-OH is 1. The first-order chi connectivity index (χ1) is 7.69. The van der Waals surface area contributed by atoms with Crippen LogP contribution in [0.5, 0.6) is 0 Å². The molecule has 16 heavy (non-hydrogen) atoms. The van der Waals surface area contributed by atoms with Crippen molar-refractivity contribution in [3.8, 4) is 0 Å². The maximum atomic E-state index is 9.99. The Morgan fingerprint density at radius 1 is 1.50 bits per heavy atom. The summed E-state index contributed by atoms with van der Waals surface area (Å²) in [6, 6.07) is 1.91. The second-order valence-corrected chi connectivity index (χ2v) is 3.83. The molecule has 1 unspecified atom stereocenters. The van der Waals surface area contributed by atoms with Crippen LogP contribution in [-0.4, -0.2) is 24.7 Å². The van der Waals surface area contributed by atoms with Gasteiger partial charge in [-0.05, 0) is 13.0 Å². The standard InChI is InChI=1S/C11H16N4O/c1-3-15-8-9(7-12-15)11(16)6-10-4-5-14(2)13-10/h4-5,7-8,11,16H,3,6H2,1-2H3. The molecule has 0 saturated heterocycles. The zero-order valence-electron chi connectivity index (χ0n) is 9.54. The number of aromatic nitrogens is 4. The third kappa shape index (κ3) is 2.30. The number of aliphatic hydroxyl groups is 1. The van der Waals surface area contributed by atoms with Crippen molar-refractivity contribution < 1.29 is 5.11 Å². The second-order valence-electron chi connectivity index (χ2n) is 3.83. The van der Waals surface area contributed by atoms with Gasteiger partial charge in [-0.15, -0.1) is 0 Å². The van der Waals surface area contributed by atoms with E-state index >= 15 is 0 Å². The van der Waals surface area contributed by atoms with Crippen molar-refractivity contribution in [1.29, 1.82) is 0 Å². The topological polar surface area (TPSA) is 55.9 Å². The minimum atomic E-state index is -0.532. The molecule has 2 rings (SSSR count). The SMILES string of the molecule is CCn1cc(C(O)Cc2ccn(C)n2)cn1. The van der Waals surface area contributed by atoms with Gasteiger partial charge in [0, 0.05) is 38.0 Å². The molecule has 0 aliphatic carbocycles. The first-order valence-corrected chi connectivity index (χ1v) is 5.38. The van der Waals surface area contributed by atoms with Crippen molar-refractivity contribution in [3.63, 3.8) is 0 Å². The molecule has 1 N–H and O–H groups in total. The van der Waals surface area contributed by atoms with Crippen molar-refractivity contribution in [2.45, 2.75) is 26.0 Å². The molecule has 0 aliphatic rings. The fourth-order valence-corrected chi connectivity index (χ4v) is 1.61. The van der Waals surface area contributed by atoms with E-state index in [2.05, 4.69) is 10.2 Å². The summed E-state index contributed by atoms with van der Waals surface area (Å²) in [4.78, 5) is 0. The van der Waals surface area contributed by atoms with Gasteiger partial charge in [-0.3, -0.25) is 9.36 Å². The van der Waals surface area contributed by atoms with Gasteiger partial charge < -0.3 is 5.11 Å². The summed E-state index contributed by atoms with van der Waals surface area (Å²) < 4.78 is 3.54. The molecule has 0 saturated carbocycles. The van der Waals surface area contributed by atoms with E-state index in [1.807, 2.05) is 32.4 Å². The Labute approximate surface area is 94.3 Å². The summed E-state index contributed by atoms with van der Waals surface area (Å²) in [5.41, 5.74) is 1.73. The quantitative estimate of drug-likeness (QED) is 0.833. The van der Waals surface area contributed by atoms with Gasteiger partial charge in [0.15, 0.2) is 0 Å². The maximum Gasteiger partial charge on any atom is 0.0876 e. The summed E-state index contributed by atoms with van der Waals surface area (Å²) in [5.74, 6) is 0. The van der Waals surface area contributed by atoms with Crippen LogP contribution >= 0.6 is 0 Å². The number of nitrogens with zero attached hydrogens (tertiary/aromatic N) is 4. The minimum absolute atomic E-state index is 0.524. The maximum absolute atomic E-state index is 9.99. The van der Waals surface area contributed by atoms with Crippen LogP contribution in [0, 0.1) is 0 Å². The van der Waals surface area contributed by atoms with Crippen LogP contribution < -0.4 is 0 Å². The van der Waals surface area contributed by atoms with E-state index < -0.39 is 6.10 Å². The first kappa shape index (κ1) is 10.9. The highest BCUT2D eigenvalue weighted by Gasteiger charge is 2.12. The number of hydrogen-bond acceptors (Lipinski definition) is 3. The van der Waals surface area contributed by atoms with Gasteiger partial charge in [0.05, 0.1) is 18.0 Å². The van der Waals surface area contributed by atoms with E-state index in [0.29, 0.717) is 6.42 Å². The van der Waals surface area contributed by atoms with Crippen molar-refractivity contribution in [1.82, 2.24) is 19.6 Å². The molecule has 2 aromatic rings. The Morgan fingerprint density at radius 3 is 2.88 bits per heavy atom. The second kappa shape index (κ2) is 4.49. The predicted molar refractivity (Wildman–Crippen MR) is 59.8 cm³/mol. The lowest BCUT2D eigenvalue weighted by Gasteiger charge is -2.05. The predicted octanol–water partition coefficient (Wildman–Crippen LogP) is 0.913. The summed E-state index contributed by atoms with van der Waals surface area (Å²) in [5, 5.41) is 18.4. The Morgan fingerprint density at radius 2 is 2.31 bits per heavy atom. The average molecular weight is 220 g/mol. The Hall–Kier alpha value is -1.62. The van der Waals surface area contributed by atoms with E-state index in [1.54, 1.807) is 15.6 Å². The van der Waals surface area contributed by atoms with E-state index in [4.69, 9.17) is 0 Å². The van der Waals surface area contributed by atoms with Crippen molar-refractivity contribution >= 4 is 0 Å². The zero-order valence-corrected chi connectivity index (χ0v) is 9.54. The van der Waals surface area contributed by atoms with E-state index in [-0.39, 0.29) is 0 Å². The number of aryl methyl sites for hydroxylation is 2. The normalized spacial score (nSPS) is 12.9. The van der Waals surface area contributed by atoms with Gasteiger partial charge in [-0.2, -0.15) is 10.2 Å². The largest absolute Gasteiger partial charge is 0.388 e. The van der Waals surface area contributed by atoms with Gasteiger partial charge in [0.1, 0.15) is 0 Å². The van der Waals surface area contributed by atoms with Crippen molar-refractivity contribution in [2.75, 3.05) is 0 Å². The lowest BCUT2D eigenvalue weighted by atomic mass is 10.1. The summed E-state index contributed by atoms with van der Waals surface area (Å²) in [6.07, 6.45) is 5.44. The third-order valence-electron chi connectivity index (χ3n) is 2.53. The fraction of sp³-hybridized carbons (Fsp3) is 0.455. The van der Waals surface area contributed by atoms with Crippen LogP contribution in [0.3, 0.4) is 0 Å². The van der Waals surface area contributed by atoms with Crippen molar-refractivity contribution in [2.24, 2.45) is 7.05 Å². The molecule has 0 spiro atoms. The summed E-state index contributed by atoms with van der Waals surface area (Å²) >= 11 is 0. The first-order valence-electron chi connectivity index (χ1n) is 5.38. The molecule has 5 heteroatoms. The van der Waals surface area contributed by atoms with Gasteiger partial charge >= 0.3 is 0 Å². The van der Waals surface area contributed by atoms with Gasteiger partial charge in [-0.1, -0.05) is 0 Å². The van der Waals surface area contributed by atoms with E-state index in [0.717, 1.165) is 17.8 Å². The molecule has 1 atom stereocenters. The zero-order chi connectivity index (χ0) is 11.5. The molecular formula is C11H16N4O. The van der Waals surface area contributed by atoms with Crippen LogP contribution in [0.25, 0.3) is 0 Å². The van der Waals surface area contributed by atoms with Gasteiger partial charge in [0.2, 0.25) is 0 Å². The molecule has 0 aliphatic heterocycles. The van der Waals surface area contributed by atoms with E-state index in [1.165, 1.54) is 0 Å². The van der Waals surface area contributed by atoms with E-state index in [9.17, 15) is 5.11 Å². The third-order valence-corrected chi connectivity index (χ3v) is 2.53. The van der Waals surface area contributed by atoms with Crippen LogP contribution in [0.4, 0.5) is 0 Å². The molecule has 0 radical (unpaired) electrons. The van der Waals surface area contributed by atoms with Gasteiger partial charge in [0.25, 0.3) is 0 Å². The van der Waals surface area contributed by atoms with Crippen molar-refractivity contribution in [3.05, 3.63) is 35.9 Å². The monoisotopic (exact) mass is 220 g/mol. The van der Waals surface area contributed by atoms with Crippen LogP contribution in [0.1, 0.15) is 24.3 Å². The summed E-state index contributed by atoms with van der Waals surface area (Å²) in [6.45, 7) is 2.83. The van der Waals surface area contributed by atoms with Crippen LogP contribution in [0.2, 0.25) is 0 Å². The van der Waals surface area contributed by atoms with Crippen LogP contribution in [0.15, 0.2) is 24.7 Å². The lowest BCUT2D eigenvalue weighted by molar-refractivity contribution is 0.177. The lowest BCUT2D eigenvalue weighted by Crippen LogP contribution is -2.02.